The van der Waals surface area contributed by atoms with Crippen molar-refractivity contribution >= 4 is 17.7 Å². The molecule has 0 radical (unpaired) electrons. The van der Waals surface area contributed by atoms with Gasteiger partial charge >= 0.3 is 5.97 Å². The molecule has 0 amide bonds. The number of carboxylic acids is 1. The summed E-state index contributed by atoms with van der Waals surface area (Å²) in [5, 5.41) is 27.5. The molecule has 2 aromatic carbocycles. The van der Waals surface area contributed by atoms with E-state index in [4.69, 9.17) is 0 Å². The maximum absolute atomic E-state index is 11.2. The molecule has 0 bridgehead atoms. The van der Waals surface area contributed by atoms with E-state index in [0.29, 0.717) is 16.5 Å². The number of thioether (sulfide) groups is 1. The zero-order valence-corrected chi connectivity index (χ0v) is 14.6. The van der Waals surface area contributed by atoms with Gasteiger partial charge in [-0.1, -0.05) is 41.6 Å². The first-order valence-electron chi connectivity index (χ1n) is 7.67. The smallest absolute Gasteiger partial charge is 0.316 e. The van der Waals surface area contributed by atoms with E-state index in [-0.39, 0.29) is 5.75 Å². The summed E-state index contributed by atoms with van der Waals surface area (Å²) >= 11 is 1.11. The van der Waals surface area contributed by atoms with Crippen molar-refractivity contribution in [2.45, 2.75) is 24.3 Å². The molecule has 3 aromatic rings. The topological polar surface area (TPSA) is 88.2 Å². The normalized spacial score (nSPS) is 12.1. The lowest BCUT2D eigenvalue weighted by atomic mass is 10.1. The first-order valence-corrected chi connectivity index (χ1v) is 8.55. The van der Waals surface area contributed by atoms with Gasteiger partial charge in [0.15, 0.2) is 11.0 Å². The van der Waals surface area contributed by atoms with Gasteiger partial charge in [0.05, 0.1) is 5.56 Å². The molecular weight excluding hydrogens is 338 g/mol. The van der Waals surface area contributed by atoms with Crippen LogP contribution in [-0.2, 0) is 4.79 Å². The van der Waals surface area contributed by atoms with Crippen LogP contribution in [0.1, 0.15) is 12.5 Å². The highest BCUT2D eigenvalue weighted by molar-refractivity contribution is 8.00. The number of aromatic nitrogens is 3. The summed E-state index contributed by atoms with van der Waals surface area (Å²) in [6.07, 6.45) is 0. The maximum Gasteiger partial charge on any atom is 0.316 e. The van der Waals surface area contributed by atoms with Crippen molar-refractivity contribution in [2.75, 3.05) is 0 Å². The molecule has 0 fully saturated rings. The van der Waals surface area contributed by atoms with Gasteiger partial charge in [-0.15, -0.1) is 10.2 Å². The van der Waals surface area contributed by atoms with Crippen molar-refractivity contribution < 1.29 is 15.0 Å². The summed E-state index contributed by atoms with van der Waals surface area (Å²) in [5.74, 6) is -0.374. The van der Waals surface area contributed by atoms with Crippen molar-refractivity contribution in [1.82, 2.24) is 14.8 Å². The summed E-state index contributed by atoms with van der Waals surface area (Å²) in [4.78, 5) is 11.2. The molecule has 6 nitrogen and oxygen atoms in total. The third-order valence-corrected chi connectivity index (χ3v) is 4.73. The van der Waals surface area contributed by atoms with E-state index < -0.39 is 11.2 Å². The van der Waals surface area contributed by atoms with Crippen LogP contribution in [-0.4, -0.2) is 36.2 Å². The van der Waals surface area contributed by atoms with Gasteiger partial charge < -0.3 is 10.2 Å². The molecule has 25 heavy (non-hydrogen) atoms. The molecular formula is C18H17N3O3S. The predicted octanol–water partition coefficient (Wildman–Crippen LogP) is 3.51. The molecule has 1 heterocycles. The van der Waals surface area contributed by atoms with Gasteiger partial charge in [0.2, 0.25) is 0 Å². The number of phenolic OH excluding ortho intramolecular Hbond substituents is 1. The number of rotatable bonds is 5. The number of hydrogen-bond donors (Lipinski definition) is 2. The highest BCUT2D eigenvalue weighted by Gasteiger charge is 2.22. The molecule has 1 aromatic heterocycles. The average Bonchev–Trinajstić information content (AvgIpc) is 2.99. The number of carbonyl (C=O) groups is 1. The minimum atomic E-state index is -0.924. The van der Waals surface area contributed by atoms with E-state index in [1.165, 1.54) is 0 Å². The lowest BCUT2D eigenvalue weighted by Gasteiger charge is -2.12. The van der Waals surface area contributed by atoms with Gasteiger partial charge in [0.25, 0.3) is 0 Å². The lowest BCUT2D eigenvalue weighted by Crippen LogP contribution is -2.12. The number of aryl methyl sites for hydroxylation is 1. The van der Waals surface area contributed by atoms with E-state index >= 15 is 0 Å². The van der Waals surface area contributed by atoms with Crippen molar-refractivity contribution in [3.8, 4) is 22.8 Å². The van der Waals surface area contributed by atoms with Gasteiger partial charge in [-0.2, -0.15) is 0 Å². The Morgan fingerprint density at radius 2 is 1.80 bits per heavy atom. The molecule has 128 valence electrons. The van der Waals surface area contributed by atoms with E-state index in [2.05, 4.69) is 10.2 Å². The van der Waals surface area contributed by atoms with Gasteiger partial charge in [0, 0.05) is 5.69 Å². The first-order chi connectivity index (χ1) is 12.0. The van der Waals surface area contributed by atoms with Crippen LogP contribution in [0.2, 0.25) is 0 Å². The summed E-state index contributed by atoms with van der Waals surface area (Å²) in [7, 11) is 0. The fraction of sp³-hybridized carbons (Fsp3) is 0.167. The number of carboxylic acid groups (broad SMARTS) is 1. The zero-order chi connectivity index (χ0) is 18.0. The van der Waals surface area contributed by atoms with E-state index in [1.54, 1.807) is 35.8 Å². The number of aromatic hydroxyl groups is 1. The Labute approximate surface area is 149 Å². The van der Waals surface area contributed by atoms with Crippen LogP contribution < -0.4 is 0 Å². The van der Waals surface area contributed by atoms with Crippen molar-refractivity contribution in [3.05, 3.63) is 54.1 Å². The number of phenols is 1. The second-order valence-corrected chi connectivity index (χ2v) is 6.90. The van der Waals surface area contributed by atoms with Crippen LogP contribution in [0.4, 0.5) is 0 Å². The van der Waals surface area contributed by atoms with Gasteiger partial charge in [0.1, 0.15) is 11.0 Å². The molecule has 0 saturated carbocycles. The van der Waals surface area contributed by atoms with Crippen molar-refractivity contribution in [1.29, 1.82) is 0 Å². The van der Waals surface area contributed by atoms with Crippen molar-refractivity contribution in [2.24, 2.45) is 0 Å². The third kappa shape index (κ3) is 3.51. The zero-order valence-electron chi connectivity index (χ0n) is 13.7. The fourth-order valence-electron chi connectivity index (χ4n) is 2.32. The van der Waals surface area contributed by atoms with Gasteiger partial charge in [-0.3, -0.25) is 9.36 Å². The number of benzene rings is 2. The number of hydrogen-bond acceptors (Lipinski definition) is 5. The summed E-state index contributed by atoms with van der Waals surface area (Å²) in [5.41, 5.74) is 2.44. The predicted molar refractivity (Wildman–Crippen MR) is 96.2 cm³/mol. The van der Waals surface area contributed by atoms with Crippen LogP contribution in [0.15, 0.2) is 53.7 Å². The molecule has 3 rings (SSSR count). The summed E-state index contributed by atoms with van der Waals surface area (Å²) in [6.45, 7) is 3.59. The first kappa shape index (κ1) is 17.0. The van der Waals surface area contributed by atoms with Crippen LogP contribution >= 0.6 is 11.8 Å². The second-order valence-electron chi connectivity index (χ2n) is 5.59. The molecule has 0 aliphatic heterocycles. The Kier molecular flexibility index (Phi) is 4.76. The Bertz CT molecular complexity index is 906. The van der Waals surface area contributed by atoms with Crippen LogP contribution in [0.25, 0.3) is 17.1 Å². The Morgan fingerprint density at radius 3 is 2.44 bits per heavy atom. The highest BCUT2D eigenvalue weighted by Crippen LogP contribution is 2.33. The molecule has 0 aliphatic rings. The Morgan fingerprint density at radius 1 is 1.12 bits per heavy atom. The number of para-hydroxylation sites is 1. The van der Waals surface area contributed by atoms with Crippen LogP contribution in [0, 0.1) is 6.92 Å². The minimum Gasteiger partial charge on any atom is -0.507 e. The van der Waals surface area contributed by atoms with Gasteiger partial charge in [-0.05, 0) is 38.1 Å². The van der Waals surface area contributed by atoms with E-state index in [9.17, 15) is 15.0 Å². The standard InChI is InChI=1S/C18H17N3O3S/c1-11-7-9-13(10-8-11)21-16(14-5-3-4-6-15(14)22)19-20-18(21)25-12(2)17(23)24/h3-10,12,22H,1-2H3,(H,23,24). The number of nitrogens with zero attached hydrogens (tertiary/aromatic N) is 3. The lowest BCUT2D eigenvalue weighted by molar-refractivity contribution is -0.136. The van der Waals surface area contributed by atoms with Crippen molar-refractivity contribution in [3.63, 3.8) is 0 Å². The monoisotopic (exact) mass is 355 g/mol. The molecule has 0 aliphatic carbocycles. The van der Waals surface area contributed by atoms with Crippen LogP contribution in [0.3, 0.4) is 0 Å². The SMILES string of the molecule is Cc1ccc(-n2c(SC(C)C(=O)O)nnc2-c2ccccc2O)cc1. The third-order valence-electron chi connectivity index (χ3n) is 3.70. The molecule has 7 heteroatoms. The summed E-state index contributed by atoms with van der Waals surface area (Å²) in [6, 6.07) is 14.6. The molecule has 1 atom stereocenters. The number of aliphatic carboxylic acids is 1. The molecule has 2 N–H and O–H groups in total. The fourth-order valence-corrected chi connectivity index (χ4v) is 3.12. The quantitative estimate of drug-likeness (QED) is 0.681. The molecule has 1 unspecified atom stereocenters. The maximum atomic E-state index is 11.2. The minimum absolute atomic E-state index is 0.0890. The largest absolute Gasteiger partial charge is 0.507 e. The summed E-state index contributed by atoms with van der Waals surface area (Å²) < 4.78 is 1.76. The Balaban J connectivity index is 2.16. The van der Waals surface area contributed by atoms with Crippen LogP contribution in [0.5, 0.6) is 5.75 Å². The molecule has 0 spiro atoms. The Hall–Kier alpha value is -2.80. The second kappa shape index (κ2) is 6.98. The van der Waals surface area contributed by atoms with Gasteiger partial charge in [-0.25, -0.2) is 0 Å². The molecule has 0 saturated heterocycles. The van der Waals surface area contributed by atoms with E-state index in [0.717, 1.165) is 23.0 Å². The van der Waals surface area contributed by atoms with E-state index in [1.807, 2.05) is 31.2 Å². The highest BCUT2D eigenvalue weighted by atomic mass is 32.2. The average molecular weight is 355 g/mol.